The highest BCUT2D eigenvalue weighted by molar-refractivity contribution is 5.96. The third-order valence-corrected chi connectivity index (χ3v) is 5.34. The van der Waals surface area contributed by atoms with Crippen LogP contribution in [0.25, 0.3) is 0 Å². The summed E-state index contributed by atoms with van der Waals surface area (Å²) in [6.45, 7) is 1.22. The van der Waals surface area contributed by atoms with Gasteiger partial charge in [-0.25, -0.2) is 0 Å². The van der Waals surface area contributed by atoms with Crippen LogP contribution in [0.1, 0.15) is 19.3 Å². The zero-order valence-electron chi connectivity index (χ0n) is 10.5. The van der Waals surface area contributed by atoms with Crippen molar-refractivity contribution in [3.05, 3.63) is 23.9 Å². The normalized spacial score (nSPS) is 44.9. The van der Waals surface area contributed by atoms with E-state index >= 15 is 0 Å². The van der Waals surface area contributed by atoms with Gasteiger partial charge in [0.2, 0.25) is 0 Å². The van der Waals surface area contributed by atoms with E-state index in [2.05, 4.69) is 17.1 Å². The standard InChI is InChI=1S/C15H19NO2/c17-8-11-2-1-5-16(11)12-7-13(18)15-10-4-3-9(6-10)14(12)15/h3-4,7,9-11,14-15,17H,1-2,5-6,8H2/t9-,10+,11+,14+,15-/m1/s1. The Kier molecular flexibility index (Phi) is 2.22. The van der Waals surface area contributed by atoms with Gasteiger partial charge in [0.05, 0.1) is 12.6 Å². The van der Waals surface area contributed by atoms with Gasteiger partial charge in [-0.15, -0.1) is 0 Å². The van der Waals surface area contributed by atoms with E-state index in [0.717, 1.165) is 25.8 Å². The number of carbonyl (C=O) groups is 1. The smallest absolute Gasteiger partial charge is 0.161 e. The van der Waals surface area contributed by atoms with E-state index < -0.39 is 0 Å². The quantitative estimate of drug-likeness (QED) is 0.747. The first kappa shape index (κ1) is 10.8. The highest BCUT2D eigenvalue weighted by Crippen LogP contribution is 2.55. The molecule has 1 N–H and O–H groups in total. The fourth-order valence-corrected chi connectivity index (χ4v) is 4.59. The molecule has 96 valence electrons. The number of hydrogen-bond acceptors (Lipinski definition) is 3. The Morgan fingerprint density at radius 2 is 2.06 bits per heavy atom. The molecule has 3 nitrogen and oxygen atoms in total. The SMILES string of the molecule is O=C1C=C(N2CCC[C@H]2CO)[C@H]2[C@@H]1[C@H]1C=C[C@@H]2C1. The molecule has 4 aliphatic rings. The average molecular weight is 245 g/mol. The van der Waals surface area contributed by atoms with E-state index in [-0.39, 0.29) is 18.6 Å². The number of likely N-dealkylation sites (tertiary alicyclic amines) is 1. The number of ketones is 1. The molecule has 0 radical (unpaired) electrons. The second kappa shape index (κ2) is 3.70. The molecule has 0 spiro atoms. The molecule has 3 heteroatoms. The van der Waals surface area contributed by atoms with Gasteiger partial charge in [-0.2, -0.15) is 0 Å². The fourth-order valence-electron chi connectivity index (χ4n) is 4.59. The molecule has 0 unspecified atom stereocenters. The summed E-state index contributed by atoms with van der Waals surface area (Å²) in [5.74, 6) is 2.01. The van der Waals surface area contributed by atoms with Gasteiger partial charge >= 0.3 is 0 Å². The van der Waals surface area contributed by atoms with E-state index in [1.54, 1.807) is 0 Å². The van der Waals surface area contributed by atoms with Gasteiger partial charge < -0.3 is 10.0 Å². The van der Waals surface area contributed by atoms with E-state index in [1.807, 2.05) is 6.08 Å². The number of carbonyl (C=O) groups excluding carboxylic acids is 1. The zero-order valence-corrected chi connectivity index (χ0v) is 10.5. The lowest BCUT2D eigenvalue weighted by Gasteiger charge is -2.33. The number of hydrogen-bond donors (Lipinski definition) is 1. The van der Waals surface area contributed by atoms with Crippen molar-refractivity contribution in [2.45, 2.75) is 25.3 Å². The zero-order chi connectivity index (χ0) is 12.3. The van der Waals surface area contributed by atoms with Crippen molar-refractivity contribution in [1.29, 1.82) is 0 Å². The fraction of sp³-hybridized carbons (Fsp3) is 0.667. The van der Waals surface area contributed by atoms with Crippen molar-refractivity contribution in [3.63, 3.8) is 0 Å². The van der Waals surface area contributed by atoms with Crippen LogP contribution in [0, 0.1) is 23.7 Å². The number of aliphatic hydroxyl groups excluding tert-OH is 1. The van der Waals surface area contributed by atoms with Crippen LogP contribution in [-0.4, -0.2) is 35.0 Å². The van der Waals surface area contributed by atoms with Crippen LogP contribution in [0.3, 0.4) is 0 Å². The molecule has 1 saturated heterocycles. The summed E-state index contributed by atoms with van der Waals surface area (Å²) < 4.78 is 0. The topological polar surface area (TPSA) is 40.5 Å². The van der Waals surface area contributed by atoms with Crippen molar-refractivity contribution in [2.24, 2.45) is 23.7 Å². The van der Waals surface area contributed by atoms with Crippen molar-refractivity contribution in [3.8, 4) is 0 Å². The minimum Gasteiger partial charge on any atom is -0.394 e. The van der Waals surface area contributed by atoms with Crippen LogP contribution in [0.4, 0.5) is 0 Å². The van der Waals surface area contributed by atoms with Crippen molar-refractivity contribution >= 4 is 5.78 Å². The lowest BCUT2D eigenvalue weighted by atomic mass is 9.83. The Balaban J connectivity index is 1.67. The number of nitrogens with zero attached hydrogens (tertiary/aromatic N) is 1. The van der Waals surface area contributed by atoms with Crippen LogP contribution in [0.15, 0.2) is 23.9 Å². The number of fused-ring (bicyclic) bond motifs is 5. The van der Waals surface area contributed by atoms with Gasteiger partial charge in [0.15, 0.2) is 5.78 Å². The van der Waals surface area contributed by atoms with Crippen LogP contribution in [-0.2, 0) is 4.79 Å². The molecule has 5 atom stereocenters. The van der Waals surface area contributed by atoms with Gasteiger partial charge in [0.1, 0.15) is 0 Å². The molecule has 2 fully saturated rings. The van der Waals surface area contributed by atoms with Gasteiger partial charge in [-0.3, -0.25) is 4.79 Å². The predicted molar refractivity (Wildman–Crippen MR) is 67.6 cm³/mol. The molecule has 1 heterocycles. The maximum atomic E-state index is 12.2. The molecular formula is C15H19NO2. The highest BCUT2D eigenvalue weighted by atomic mass is 16.3. The van der Waals surface area contributed by atoms with E-state index in [9.17, 15) is 9.90 Å². The molecule has 0 amide bonds. The third kappa shape index (κ3) is 1.26. The molecule has 0 aromatic carbocycles. The molecular weight excluding hydrogens is 226 g/mol. The summed E-state index contributed by atoms with van der Waals surface area (Å²) in [7, 11) is 0. The van der Waals surface area contributed by atoms with Crippen molar-refractivity contribution < 1.29 is 9.90 Å². The number of allylic oxidation sites excluding steroid dienone is 4. The lowest BCUT2D eigenvalue weighted by molar-refractivity contribution is -0.118. The molecule has 4 rings (SSSR count). The summed E-state index contributed by atoms with van der Waals surface area (Å²) in [5.41, 5.74) is 1.23. The molecule has 1 saturated carbocycles. The van der Waals surface area contributed by atoms with Gasteiger partial charge in [0, 0.05) is 30.2 Å². The van der Waals surface area contributed by atoms with E-state index in [1.165, 1.54) is 5.70 Å². The minimum absolute atomic E-state index is 0.215. The van der Waals surface area contributed by atoms with Crippen LogP contribution in [0.5, 0.6) is 0 Å². The molecule has 18 heavy (non-hydrogen) atoms. The maximum absolute atomic E-state index is 12.2. The highest BCUT2D eigenvalue weighted by Gasteiger charge is 2.53. The first-order chi connectivity index (χ1) is 8.79. The second-order valence-electron chi connectivity index (χ2n) is 6.14. The predicted octanol–water partition coefficient (Wildman–Crippen LogP) is 1.35. The Bertz CT molecular complexity index is 453. The first-order valence-corrected chi connectivity index (χ1v) is 7.11. The summed E-state index contributed by atoms with van der Waals surface area (Å²) in [5, 5.41) is 9.47. The lowest BCUT2D eigenvalue weighted by Crippen LogP contribution is -2.35. The Labute approximate surface area is 107 Å². The van der Waals surface area contributed by atoms with Gasteiger partial charge in [0.25, 0.3) is 0 Å². The largest absolute Gasteiger partial charge is 0.394 e. The summed E-state index contributed by atoms with van der Waals surface area (Å²) in [4.78, 5) is 14.5. The Morgan fingerprint density at radius 1 is 1.28 bits per heavy atom. The van der Waals surface area contributed by atoms with Crippen molar-refractivity contribution in [1.82, 2.24) is 4.90 Å². The van der Waals surface area contributed by atoms with Crippen molar-refractivity contribution in [2.75, 3.05) is 13.2 Å². The van der Waals surface area contributed by atoms with Gasteiger partial charge in [-0.1, -0.05) is 12.2 Å². The summed E-state index contributed by atoms with van der Waals surface area (Å²) >= 11 is 0. The molecule has 1 aliphatic heterocycles. The number of aliphatic hydroxyl groups is 1. The minimum atomic E-state index is 0.215. The average Bonchev–Trinajstić information content (AvgIpc) is 3.09. The Hall–Kier alpha value is -1.09. The molecule has 0 aromatic heterocycles. The van der Waals surface area contributed by atoms with Crippen LogP contribution in [0.2, 0.25) is 0 Å². The maximum Gasteiger partial charge on any atom is 0.161 e. The van der Waals surface area contributed by atoms with Crippen LogP contribution >= 0.6 is 0 Å². The molecule has 0 aromatic rings. The molecule has 3 aliphatic carbocycles. The third-order valence-electron chi connectivity index (χ3n) is 5.34. The van der Waals surface area contributed by atoms with Gasteiger partial charge in [-0.05, 0) is 31.1 Å². The first-order valence-electron chi connectivity index (χ1n) is 7.11. The summed E-state index contributed by atoms with van der Waals surface area (Å²) in [6, 6.07) is 0.242. The van der Waals surface area contributed by atoms with E-state index in [4.69, 9.17) is 0 Å². The van der Waals surface area contributed by atoms with Crippen LogP contribution < -0.4 is 0 Å². The second-order valence-corrected chi connectivity index (χ2v) is 6.14. The number of rotatable bonds is 2. The summed E-state index contributed by atoms with van der Waals surface area (Å²) in [6.07, 6.45) is 9.79. The monoisotopic (exact) mass is 245 g/mol. The van der Waals surface area contributed by atoms with E-state index in [0.29, 0.717) is 23.5 Å². The molecule has 2 bridgehead atoms. The Morgan fingerprint density at radius 3 is 2.83 bits per heavy atom.